The highest BCUT2D eigenvalue weighted by atomic mass is 16.2. The third kappa shape index (κ3) is 5.27. The maximum atomic E-state index is 11.9. The molecule has 2 rings (SSSR count). The van der Waals surface area contributed by atoms with Crippen molar-refractivity contribution in [1.82, 2.24) is 10.6 Å². The van der Waals surface area contributed by atoms with Crippen LogP contribution in [0, 0.1) is 0 Å². The fraction of sp³-hybridized carbons (Fsp3) is 0.556. The Morgan fingerprint density at radius 1 is 1.13 bits per heavy atom. The monoisotopic (exact) mass is 317 g/mol. The van der Waals surface area contributed by atoms with Gasteiger partial charge in [-0.15, -0.1) is 0 Å². The van der Waals surface area contributed by atoms with E-state index in [1.165, 1.54) is 0 Å². The molecule has 0 bridgehead atoms. The molecule has 3 N–H and O–H groups in total. The van der Waals surface area contributed by atoms with Gasteiger partial charge in [-0.05, 0) is 29.9 Å². The van der Waals surface area contributed by atoms with Crippen LogP contribution in [0.5, 0.6) is 0 Å². The number of hydrogen-bond donors (Lipinski definition) is 3. The van der Waals surface area contributed by atoms with Crippen molar-refractivity contribution in [3.63, 3.8) is 0 Å². The van der Waals surface area contributed by atoms with Crippen LogP contribution in [0.2, 0.25) is 0 Å². The van der Waals surface area contributed by atoms with Gasteiger partial charge in [0.1, 0.15) is 0 Å². The summed E-state index contributed by atoms with van der Waals surface area (Å²) in [7, 11) is 0. The van der Waals surface area contributed by atoms with Crippen LogP contribution in [0.4, 0.5) is 10.5 Å². The Balaban J connectivity index is 1.83. The van der Waals surface area contributed by atoms with Crippen LogP contribution in [0.3, 0.4) is 0 Å². The van der Waals surface area contributed by atoms with Gasteiger partial charge < -0.3 is 10.6 Å². The third-order valence-corrected chi connectivity index (χ3v) is 4.12. The van der Waals surface area contributed by atoms with Crippen LogP contribution in [-0.2, 0) is 10.2 Å². The summed E-state index contributed by atoms with van der Waals surface area (Å²) in [4.78, 5) is 23.7. The smallest absolute Gasteiger partial charge is 0.321 e. The van der Waals surface area contributed by atoms with E-state index < -0.39 is 6.03 Å². The molecule has 5 nitrogen and oxygen atoms in total. The van der Waals surface area contributed by atoms with Gasteiger partial charge in [-0.2, -0.15) is 0 Å². The van der Waals surface area contributed by atoms with Gasteiger partial charge in [-0.25, -0.2) is 4.79 Å². The lowest BCUT2D eigenvalue weighted by Gasteiger charge is -2.23. The summed E-state index contributed by atoms with van der Waals surface area (Å²) in [6, 6.07) is 7.73. The molecule has 1 saturated carbocycles. The molecule has 5 heteroatoms. The number of carbonyl (C=O) groups excluding carboxylic acids is 2. The molecule has 1 aromatic rings. The first kappa shape index (κ1) is 17.3. The van der Waals surface area contributed by atoms with E-state index in [1.54, 1.807) is 0 Å². The lowest BCUT2D eigenvalue weighted by Crippen LogP contribution is -2.45. The second-order valence-electron chi connectivity index (χ2n) is 7.15. The molecular weight excluding hydrogens is 290 g/mol. The van der Waals surface area contributed by atoms with Gasteiger partial charge in [0, 0.05) is 11.7 Å². The maximum absolute atomic E-state index is 11.9. The summed E-state index contributed by atoms with van der Waals surface area (Å²) >= 11 is 0. The van der Waals surface area contributed by atoms with Gasteiger partial charge in [0.15, 0.2) is 0 Å². The average Bonchev–Trinajstić information content (AvgIpc) is 2.97. The highest BCUT2D eigenvalue weighted by Crippen LogP contribution is 2.28. The Morgan fingerprint density at radius 2 is 1.78 bits per heavy atom. The molecule has 1 aliphatic carbocycles. The first-order valence-electron chi connectivity index (χ1n) is 8.30. The van der Waals surface area contributed by atoms with Gasteiger partial charge in [-0.1, -0.05) is 51.8 Å². The molecule has 23 heavy (non-hydrogen) atoms. The van der Waals surface area contributed by atoms with Gasteiger partial charge in [0.2, 0.25) is 5.91 Å². The summed E-state index contributed by atoms with van der Waals surface area (Å²) in [5, 5.41) is 8.36. The minimum Gasteiger partial charge on any atom is -0.376 e. The van der Waals surface area contributed by atoms with Crippen molar-refractivity contribution in [2.45, 2.75) is 57.9 Å². The number of rotatable bonds is 4. The highest BCUT2D eigenvalue weighted by Gasteiger charge is 2.19. The fourth-order valence-corrected chi connectivity index (χ4v) is 2.93. The third-order valence-electron chi connectivity index (χ3n) is 4.12. The zero-order valence-corrected chi connectivity index (χ0v) is 14.2. The minimum absolute atomic E-state index is 0.0140. The topological polar surface area (TPSA) is 70.2 Å². The zero-order chi connectivity index (χ0) is 16.9. The first-order valence-corrected chi connectivity index (χ1v) is 8.30. The van der Waals surface area contributed by atoms with Crippen LogP contribution >= 0.6 is 0 Å². The molecule has 0 saturated heterocycles. The summed E-state index contributed by atoms with van der Waals surface area (Å²) in [5.74, 6) is -0.329. The van der Waals surface area contributed by atoms with Crippen molar-refractivity contribution < 1.29 is 9.59 Å². The van der Waals surface area contributed by atoms with Gasteiger partial charge in [-0.3, -0.25) is 10.1 Å². The normalized spacial score (nSPS) is 15.3. The molecular formula is C18H27N3O2. The van der Waals surface area contributed by atoms with Crippen LogP contribution in [0.1, 0.15) is 52.0 Å². The number of anilines is 1. The van der Waals surface area contributed by atoms with E-state index >= 15 is 0 Å². The van der Waals surface area contributed by atoms with Crippen molar-refractivity contribution in [3.8, 4) is 0 Å². The molecule has 0 atom stereocenters. The van der Waals surface area contributed by atoms with E-state index in [0.29, 0.717) is 0 Å². The Hall–Kier alpha value is -2.04. The summed E-state index contributed by atoms with van der Waals surface area (Å²) < 4.78 is 0. The van der Waals surface area contributed by atoms with Gasteiger partial charge in [0.05, 0.1) is 6.54 Å². The van der Waals surface area contributed by atoms with E-state index in [-0.39, 0.29) is 23.9 Å². The summed E-state index contributed by atoms with van der Waals surface area (Å²) in [6.07, 6.45) is 4.28. The van der Waals surface area contributed by atoms with Crippen molar-refractivity contribution in [2.75, 3.05) is 11.9 Å². The second kappa shape index (κ2) is 7.49. The molecule has 0 radical (unpaired) electrons. The predicted molar refractivity (Wildman–Crippen MR) is 92.6 cm³/mol. The molecule has 0 aliphatic heterocycles. The average molecular weight is 317 g/mol. The molecule has 1 fully saturated rings. The van der Waals surface area contributed by atoms with Crippen molar-refractivity contribution in [2.24, 2.45) is 0 Å². The molecule has 0 aromatic heterocycles. The molecule has 3 amide bonds. The van der Waals surface area contributed by atoms with Crippen molar-refractivity contribution in [3.05, 3.63) is 29.8 Å². The lowest BCUT2D eigenvalue weighted by atomic mass is 9.86. The van der Waals surface area contributed by atoms with Crippen molar-refractivity contribution in [1.29, 1.82) is 0 Å². The van der Waals surface area contributed by atoms with Crippen LogP contribution < -0.4 is 16.0 Å². The first-order chi connectivity index (χ1) is 10.9. The number of para-hydroxylation sites is 1. The fourth-order valence-electron chi connectivity index (χ4n) is 2.93. The standard InChI is InChI=1S/C18H27N3O2/c1-18(2,3)14-10-6-7-11-15(14)19-12-16(22)21-17(23)20-13-8-4-5-9-13/h6-7,10-11,13,19H,4-5,8-9,12H2,1-3H3,(H2,20,21,22,23). The van der Waals surface area contributed by atoms with E-state index in [1.807, 2.05) is 24.3 Å². The van der Waals surface area contributed by atoms with Crippen LogP contribution in [-0.4, -0.2) is 24.5 Å². The maximum Gasteiger partial charge on any atom is 0.321 e. The second-order valence-corrected chi connectivity index (χ2v) is 7.15. The van der Waals surface area contributed by atoms with Crippen LogP contribution in [0.25, 0.3) is 0 Å². The number of carbonyl (C=O) groups is 2. The highest BCUT2D eigenvalue weighted by molar-refractivity contribution is 5.96. The summed E-state index contributed by atoms with van der Waals surface area (Å²) in [6.45, 7) is 6.46. The minimum atomic E-state index is -0.396. The quantitative estimate of drug-likeness (QED) is 0.799. The molecule has 1 aromatic carbocycles. The van der Waals surface area contributed by atoms with Gasteiger partial charge >= 0.3 is 6.03 Å². The number of amides is 3. The molecule has 0 heterocycles. The van der Waals surface area contributed by atoms with E-state index in [9.17, 15) is 9.59 Å². The Bertz CT molecular complexity index is 558. The largest absolute Gasteiger partial charge is 0.376 e. The number of urea groups is 1. The number of hydrogen-bond acceptors (Lipinski definition) is 3. The number of benzene rings is 1. The van der Waals surface area contributed by atoms with Crippen LogP contribution in [0.15, 0.2) is 24.3 Å². The lowest BCUT2D eigenvalue weighted by molar-refractivity contribution is -0.118. The SMILES string of the molecule is CC(C)(C)c1ccccc1NCC(=O)NC(=O)NC1CCCC1. The Labute approximate surface area is 138 Å². The number of nitrogens with one attached hydrogen (secondary N) is 3. The van der Waals surface area contributed by atoms with E-state index in [0.717, 1.165) is 36.9 Å². The van der Waals surface area contributed by atoms with Crippen molar-refractivity contribution >= 4 is 17.6 Å². The number of imide groups is 1. The zero-order valence-electron chi connectivity index (χ0n) is 14.2. The molecule has 0 spiro atoms. The molecule has 1 aliphatic rings. The van der Waals surface area contributed by atoms with E-state index in [2.05, 4.69) is 36.7 Å². The predicted octanol–water partition coefficient (Wildman–Crippen LogP) is 3.16. The molecule has 0 unspecified atom stereocenters. The van der Waals surface area contributed by atoms with E-state index in [4.69, 9.17) is 0 Å². The van der Waals surface area contributed by atoms with Gasteiger partial charge in [0.25, 0.3) is 0 Å². The summed E-state index contributed by atoms with van der Waals surface area (Å²) in [5.41, 5.74) is 2.05. The molecule has 126 valence electrons. The Kier molecular flexibility index (Phi) is 5.64. The Morgan fingerprint density at radius 3 is 2.43 bits per heavy atom.